The lowest BCUT2D eigenvalue weighted by molar-refractivity contribution is -0.129. The number of fused-ring (bicyclic) bond motifs is 1. The largest absolute Gasteiger partial charge is 0.494 e. The van der Waals surface area contributed by atoms with Crippen molar-refractivity contribution in [3.05, 3.63) is 64.5 Å². The summed E-state index contributed by atoms with van der Waals surface area (Å²) >= 11 is 2.79. The zero-order valence-corrected chi connectivity index (χ0v) is 20.4. The lowest BCUT2D eigenvalue weighted by Gasteiger charge is -2.28. The molecule has 0 saturated heterocycles. The maximum Gasteiger partial charge on any atom is 0.236 e. The second-order valence-corrected chi connectivity index (χ2v) is 9.94. The molecule has 0 fully saturated rings. The molecule has 172 valence electrons. The first kappa shape index (κ1) is 23.3. The third-order valence-electron chi connectivity index (χ3n) is 5.42. The monoisotopic (exact) mass is 481 g/mol. The van der Waals surface area contributed by atoms with Crippen LogP contribution in [0.4, 0.5) is 5.13 Å². The Morgan fingerprint density at radius 2 is 1.88 bits per heavy atom. The average molecular weight is 482 g/mol. The van der Waals surface area contributed by atoms with Gasteiger partial charge in [-0.15, -0.1) is 23.1 Å². The van der Waals surface area contributed by atoms with E-state index in [1.807, 2.05) is 55.1 Å². The Morgan fingerprint density at radius 3 is 2.64 bits per heavy atom. The highest BCUT2D eigenvalue weighted by molar-refractivity contribution is 8.00. The number of aromatic nitrogens is 1. The van der Waals surface area contributed by atoms with Crippen LogP contribution in [-0.2, 0) is 22.6 Å². The SMILES string of the molecule is CCOc1ccc(-c2nc(NC(=O)CSCC(=O)N3CCc4ccccc4C3)sc2C)cc1. The van der Waals surface area contributed by atoms with Gasteiger partial charge in [0.25, 0.3) is 0 Å². The quantitative estimate of drug-likeness (QED) is 0.502. The van der Waals surface area contributed by atoms with Crippen LogP contribution < -0.4 is 10.1 Å². The van der Waals surface area contributed by atoms with E-state index in [2.05, 4.69) is 22.4 Å². The van der Waals surface area contributed by atoms with Crippen LogP contribution in [0.25, 0.3) is 11.3 Å². The van der Waals surface area contributed by atoms with Crippen LogP contribution in [0.1, 0.15) is 22.9 Å². The second-order valence-electron chi connectivity index (χ2n) is 7.76. The molecule has 4 rings (SSSR count). The number of rotatable bonds is 8. The fraction of sp³-hybridized carbons (Fsp3) is 0.320. The van der Waals surface area contributed by atoms with E-state index in [0.29, 0.717) is 24.0 Å². The number of carbonyl (C=O) groups is 2. The number of nitrogens with one attached hydrogen (secondary N) is 1. The number of hydrogen-bond donors (Lipinski definition) is 1. The smallest absolute Gasteiger partial charge is 0.236 e. The van der Waals surface area contributed by atoms with E-state index in [1.165, 1.54) is 34.2 Å². The summed E-state index contributed by atoms with van der Waals surface area (Å²) in [6.45, 7) is 5.95. The molecule has 1 aromatic heterocycles. The van der Waals surface area contributed by atoms with Gasteiger partial charge in [0.15, 0.2) is 5.13 Å². The normalized spacial score (nSPS) is 12.8. The minimum atomic E-state index is -0.149. The van der Waals surface area contributed by atoms with Gasteiger partial charge in [-0.1, -0.05) is 24.3 Å². The summed E-state index contributed by atoms with van der Waals surface area (Å²) < 4.78 is 5.49. The topological polar surface area (TPSA) is 71.5 Å². The number of carbonyl (C=O) groups excluding carboxylic acids is 2. The van der Waals surface area contributed by atoms with Crippen molar-refractivity contribution in [1.82, 2.24) is 9.88 Å². The Balaban J connectivity index is 1.25. The first-order chi connectivity index (χ1) is 16.0. The molecule has 0 bridgehead atoms. The minimum absolute atomic E-state index is 0.0742. The van der Waals surface area contributed by atoms with Crippen molar-refractivity contribution in [3.63, 3.8) is 0 Å². The number of benzene rings is 2. The molecule has 0 atom stereocenters. The molecule has 8 heteroatoms. The number of thiazole rings is 1. The average Bonchev–Trinajstić information content (AvgIpc) is 3.19. The lowest BCUT2D eigenvalue weighted by Crippen LogP contribution is -2.37. The van der Waals surface area contributed by atoms with Crippen molar-refractivity contribution >= 4 is 40.0 Å². The zero-order chi connectivity index (χ0) is 23.2. The van der Waals surface area contributed by atoms with Crippen LogP contribution in [0, 0.1) is 6.92 Å². The summed E-state index contributed by atoms with van der Waals surface area (Å²) in [5, 5.41) is 3.44. The van der Waals surface area contributed by atoms with Crippen LogP contribution in [0.2, 0.25) is 0 Å². The Kier molecular flexibility index (Phi) is 7.67. The van der Waals surface area contributed by atoms with E-state index in [4.69, 9.17) is 4.74 Å². The summed E-state index contributed by atoms with van der Waals surface area (Å²) in [7, 11) is 0. The van der Waals surface area contributed by atoms with Gasteiger partial charge in [-0.05, 0) is 55.7 Å². The van der Waals surface area contributed by atoms with Crippen LogP contribution in [0.15, 0.2) is 48.5 Å². The molecule has 3 aromatic rings. The fourth-order valence-corrected chi connectivity index (χ4v) is 5.35. The van der Waals surface area contributed by atoms with Gasteiger partial charge >= 0.3 is 0 Å². The maximum atomic E-state index is 12.6. The van der Waals surface area contributed by atoms with E-state index in [9.17, 15) is 9.59 Å². The molecule has 0 spiro atoms. The van der Waals surface area contributed by atoms with Gasteiger partial charge in [0.1, 0.15) is 5.75 Å². The second kappa shape index (κ2) is 10.9. The van der Waals surface area contributed by atoms with Crippen LogP contribution in [0.5, 0.6) is 5.75 Å². The minimum Gasteiger partial charge on any atom is -0.494 e. The van der Waals surface area contributed by atoms with Crippen molar-refractivity contribution < 1.29 is 14.3 Å². The molecule has 2 amide bonds. The molecule has 2 aromatic carbocycles. The Labute approximate surface area is 202 Å². The summed E-state index contributed by atoms with van der Waals surface area (Å²) in [5.41, 5.74) is 4.36. The van der Waals surface area contributed by atoms with E-state index in [0.717, 1.165) is 34.8 Å². The molecule has 1 aliphatic heterocycles. The Morgan fingerprint density at radius 1 is 1.12 bits per heavy atom. The van der Waals surface area contributed by atoms with Crippen molar-refractivity contribution in [2.75, 3.05) is 30.0 Å². The molecular formula is C25H27N3O3S2. The Bertz CT molecular complexity index is 1130. The van der Waals surface area contributed by atoms with Crippen LogP contribution in [-0.4, -0.2) is 46.4 Å². The molecule has 0 radical (unpaired) electrons. The third-order valence-corrected chi connectivity index (χ3v) is 7.23. The fourth-order valence-electron chi connectivity index (χ4n) is 3.78. The standard InChI is InChI=1S/C25H27N3O3S2/c1-3-31-21-10-8-19(9-11-21)24-17(2)33-25(27-24)26-22(29)15-32-16-23(30)28-13-12-18-6-4-5-7-20(18)14-28/h4-11H,3,12-16H2,1-2H3,(H,26,27,29). The number of thioether (sulfide) groups is 1. The van der Waals surface area contributed by atoms with Gasteiger partial charge in [-0.3, -0.25) is 9.59 Å². The van der Waals surface area contributed by atoms with Crippen LogP contribution >= 0.6 is 23.1 Å². The van der Waals surface area contributed by atoms with Crippen molar-refractivity contribution in [2.24, 2.45) is 0 Å². The van der Waals surface area contributed by atoms with E-state index in [1.54, 1.807) is 0 Å². The number of aryl methyl sites for hydroxylation is 1. The lowest BCUT2D eigenvalue weighted by atomic mass is 10.00. The van der Waals surface area contributed by atoms with E-state index >= 15 is 0 Å². The van der Waals surface area contributed by atoms with Gasteiger partial charge in [-0.2, -0.15) is 0 Å². The highest BCUT2D eigenvalue weighted by atomic mass is 32.2. The highest BCUT2D eigenvalue weighted by Gasteiger charge is 2.20. The summed E-state index contributed by atoms with van der Waals surface area (Å²) in [6.07, 6.45) is 0.882. The number of anilines is 1. The van der Waals surface area contributed by atoms with Gasteiger partial charge < -0.3 is 15.0 Å². The van der Waals surface area contributed by atoms with E-state index in [-0.39, 0.29) is 17.6 Å². The van der Waals surface area contributed by atoms with Crippen molar-refractivity contribution in [3.8, 4) is 17.0 Å². The van der Waals surface area contributed by atoms with E-state index < -0.39 is 0 Å². The molecule has 0 unspecified atom stereocenters. The first-order valence-electron chi connectivity index (χ1n) is 11.0. The van der Waals surface area contributed by atoms with Crippen molar-refractivity contribution in [1.29, 1.82) is 0 Å². The number of hydrogen-bond acceptors (Lipinski definition) is 6. The van der Waals surface area contributed by atoms with Crippen molar-refractivity contribution in [2.45, 2.75) is 26.8 Å². The molecule has 0 aliphatic carbocycles. The molecular weight excluding hydrogens is 454 g/mol. The predicted molar refractivity (Wildman–Crippen MR) is 135 cm³/mol. The molecule has 1 N–H and O–H groups in total. The molecule has 1 aliphatic rings. The summed E-state index contributed by atoms with van der Waals surface area (Å²) in [5.74, 6) is 1.26. The molecule has 6 nitrogen and oxygen atoms in total. The molecule has 2 heterocycles. The maximum absolute atomic E-state index is 12.6. The molecule has 33 heavy (non-hydrogen) atoms. The highest BCUT2D eigenvalue weighted by Crippen LogP contribution is 2.31. The number of nitrogens with zero attached hydrogens (tertiary/aromatic N) is 2. The molecule has 0 saturated carbocycles. The van der Waals surface area contributed by atoms with Gasteiger partial charge in [-0.25, -0.2) is 4.98 Å². The first-order valence-corrected chi connectivity index (χ1v) is 12.9. The van der Waals surface area contributed by atoms with Crippen LogP contribution in [0.3, 0.4) is 0 Å². The zero-order valence-electron chi connectivity index (χ0n) is 18.8. The third kappa shape index (κ3) is 5.94. The Hall–Kier alpha value is -2.84. The van der Waals surface area contributed by atoms with Gasteiger partial charge in [0.2, 0.25) is 11.8 Å². The predicted octanol–water partition coefficient (Wildman–Crippen LogP) is 4.77. The number of amides is 2. The number of ether oxygens (including phenoxy) is 1. The van der Waals surface area contributed by atoms with Gasteiger partial charge in [0, 0.05) is 23.5 Å². The summed E-state index contributed by atoms with van der Waals surface area (Å²) in [6, 6.07) is 16.0. The summed E-state index contributed by atoms with van der Waals surface area (Å²) in [4.78, 5) is 32.5. The van der Waals surface area contributed by atoms with Gasteiger partial charge in [0.05, 0.1) is 23.8 Å².